The second-order valence-electron chi connectivity index (χ2n) is 6.84. The van der Waals surface area contributed by atoms with Gasteiger partial charge in [0.2, 0.25) is 0 Å². The van der Waals surface area contributed by atoms with Crippen molar-refractivity contribution < 1.29 is 14.3 Å². The number of benzene rings is 3. The first-order valence-electron chi connectivity index (χ1n) is 9.93. The van der Waals surface area contributed by atoms with Crippen LogP contribution in [0.15, 0.2) is 89.8 Å². The average Bonchev–Trinajstić information content (AvgIpc) is 2.79. The summed E-state index contributed by atoms with van der Waals surface area (Å²) in [5, 5.41) is 2.24. The van der Waals surface area contributed by atoms with Crippen LogP contribution in [0.5, 0.6) is 0 Å². The average molecular weight is 420 g/mol. The van der Waals surface area contributed by atoms with E-state index in [1.807, 2.05) is 84.9 Å². The van der Waals surface area contributed by atoms with Gasteiger partial charge in [-0.3, -0.25) is 9.59 Å². The lowest BCUT2D eigenvalue weighted by Crippen LogP contribution is -2.31. The first kappa shape index (κ1) is 21.7. The molecule has 3 aromatic carbocycles. The van der Waals surface area contributed by atoms with E-state index in [4.69, 9.17) is 4.74 Å². The van der Waals surface area contributed by atoms with Crippen molar-refractivity contribution in [2.24, 2.45) is 0 Å². The van der Waals surface area contributed by atoms with Gasteiger partial charge in [-0.1, -0.05) is 67.6 Å². The summed E-state index contributed by atoms with van der Waals surface area (Å²) in [6.45, 7) is 3.66. The fourth-order valence-electron chi connectivity index (χ4n) is 2.87. The molecule has 0 heterocycles. The number of thioether (sulfide) groups is 1. The molecule has 5 heteroatoms. The molecule has 0 aliphatic heterocycles. The van der Waals surface area contributed by atoms with Crippen LogP contribution in [-0.4, -0.2) is 18.0 Å². The molecule has 0 aromatic heterocycles. The van der Waals surface area contributed by atoms with Crippen LogP contribution in [0, 0.1) is 0 Å². The Balaban J connectivity index is 1.68. The fourth-order valence-corrected chi connectivity index (χ4v) is 3.90. The van der Waals surface area contributed by atoms with E-state index < -0.39 is 17.3 Å². The van der Waals surface area contributed by atoms with E-state index in [-0.39, 0.29) is 5.91 Å². The van der Waals surface area contributed by atoms with Crippen LogP contribution in [0.25, 0.3) is 0 Å². The number of esters is 1. The van der Waals surface area contributed by atoms with Crippen LogP contribution in [-0.2, 0) is 20.7 Å². The maximum atomic E-state index is 13.0. The van der Waals surface area contributed by atoms with E-state index in [1.165, 1.54) is 17.3 Å². The SMILES string of the molecule is CCc1ccc(NC(=O)[C@H](C)OC(=O)[C@@H](Sc2ccccc2)c2ccccc2)cc1. The molecule has 0 aliphatic carbocycles. The normalized spacial score (nSPS) is 12.6. The molecule has 3 rings (SSSR count). The number of aryl methyl sites for hydroxylation is 1. The monoisotopic (exact) mass is 419 g/mol. The lowest BCUT2D eigenvalue weighted by Gasteiger charge is -2.19. The quantitative estimate of drug-likeness (QED) is 0.378. The number of hydrogen-bond acceptors (Lipinski definition) is 4. The number of hydrogen-bond donors (Lipinski definition) is 1. The zero-order chi connectivity index (χ0) is 21.3. The van der Waals surface area contributed by atoms with Gasteiger partial charge in [-0.15, -0.1) is 11.8 Å². The topological polar surface area (TPSA) is 55.4 Å². The molecular formula is C25H25NO3S. The third-order valence-electron chi connectivity index (χ3n) is 4.61. The molecule has 0 unspecified atom stereocenters. The van der Waals surface area contributed by atoms with E-state index in [0.717, 1.165) is 16.9 Å². The third-order valence-corrected chi connectivity index (χ3v) is 5.85. The van der Waals surface area contributed by atoms with Gasteiger partial charge >= 0.3 is 5.97 Å². The van der Waals surface area contributed by atoms with Gasteiger partial charge in [-0.2, -0.15) is 0 Å². The Morgan fingerprint density at radius 3 is 2.10 bits per heavy atom. The van der Waals surface area contributed by atoms with Crippen LogP contribution in [0.2, 0.25) is 0 Å². The van der Waals surface area contributed by atoms with Gasteiger partial charge in [0.05, 0.1) is 0 Å². The number of rotatable bonds is 8. The summed E-state index contributed by atoms with van der Waals surface area (Å²) in [6, 6.07) is 26.8. The third kappa shape index (κ3) is 5.97. The van der Waals surface area contributed by atoms with E-state index in [1.54, 1.807) is 6.92 Å². The summed E-state index contributed by atoms with van der Waals surface area (Å²) < 4.78 is 5.55. The summed E-state index contributed by atoms with van der Waals surface area (Å²) >= 11 is 1.41. The van der Waals surface area contributed by atoms with Crippen molar-refractivity contribution in [3.05, 3.63) is 96.1 Å². The van der Waals surface area contributed by atoms with Crippen molar-refractivity contribution in [3.8, 4) is 0 Å². The fraction of sp³-hybridized carbons (Fsp3) is 0.200. The smallest absolute Gasteiger partial charge is 0.324 e. The summed E-state index contributed by atoms with van der Waals surface area (Å²) in [7, 11) is 0. The minimum atomic E-state index is -0.911. The molecule has 0 saturated heterocycles. The maximum Gasteiger partial charge on any atom is 0.324 e. The van der Waals surface area contributed by atoms with E-state index in [2.05, 4.69) is 12.2 Å². The van der Waals surface area contributed by atoms with E-state index in [9.17, 15) is 9.59 Å². The number of anilines is 1. The van der Waals surface area contributed by atoms with Crippen molar-refractivity contribution in [3.63, 3.8) is 0 Å². The Morgan fingerprint density at radius 1 is 0.900 bits per heavy atom. The number of nitrogens with one attached hydrogen (secondary N) is 1. The van der Waals surface area contributed by atoms with E-state index in [0.29, 0.717) is 5.69 Å². The second-order valence-corrected chi connectivity index (χ2v) is 8.02. The van der Waals surface area contributed by atoms with Crippen LogP contribution in [0.3, 0.4) is 0 Å². The minimum Gasteiger partial charge on any atom is -0.451 e. The molecule has 0 radical (unpaired) electrons. The molecule has 30 heavy (non-hydrogen) atoms. The zero-order valence-electron chi connectivity index (χ0n) is 17.1. The second kappa shape index (κ2) is 10.6. The highest BCUT2D eigenvalue weighted by atomic mass is 32.2. The minimum absolute atomic E-state index is 0.357. The molecule has 2 atom stereocenters. The molecule has 0 bridgehead atoms. The van der Waals surface area contributed by atoms with Crippen molar-refractivity contribution in [1.29, 1.82) is 0 Å². The van der Waals surface area contributed by atoms with Crippen LogP contribution in [0.4, 0.5) is 5.69 Å². The molecule has 0 fully saturated rings. The number of ether oxygens (including phenoxy) is 1. The van der Waals surface area contributed by atoms with Crippen molar-refractivity contribution in [2.45, 2.75) is 36.5 Å². The molecule has 154 valence electrons. The standard InChI is InChI=1S/C25H25NO3S/c1-3-19-14-16-21(17-15-19)26-24(27)18(2)29-25(28)23(20-10-6-4-7-11-20)30-22-12-8-5-9-13-22/h4-18,23H,3H2,1-2H3,(H,26,27)/t18-,23-/m0/s1. The van der Waals surface area contributed by atoms with Crippen molar-refractivity contribution >= 4 is 29.3 Å². The van der Waals surface area contributed by atoms with Gasteiger partial charge in [0, 0.05) is 10.6 Å². The summed E-state index contributed by atoms with van der Waals surface area (Å²) in [5.41, 5.74) is 2.70. The Kier molecular flexibility index (Phi) is 7.69. The molecule has 0 saturated carbocycles. The summed E-state index contributed by atoms with van der Waals surface area (Å²) in [5.74, 6) is -0.803. The molecular weight excluding hydrogens is 394 g/mol. The largest absolute Gasteiger partial charge is 0.451 e. The van der Waals surface area contributed by atoms with Crippen molar-refractivity contribution in [1.82, 2.24) is 0 Å². The van der Waals surface area contributed by atoms with Gasteiger partial charge in [0.1, 0.15) is 5.25 Å². The first-order valence-corrected chi connectivity index (χ1v) is 10.8. The number of carbonyl (C=O) groups is 2. The molecule has 1 N–H and O–H groups in total. The zero-order valence-corrected chi connectivity index (χ0v) is 17.9. The van der Waals surface area contributed by atoms with Crippen LogP contribution >= 0.6 is 11.8 Å². The predicted molar refractivity (Wildman–Crippen MR) is 121 cm³/mol. The molecule has 1 amide bonds. The van der Waals surface area contributed by atoms with Crippen LogP contribution < -0.4 is 5.32 Å². The highest BCUT2D eigenvalue weighted by molar-refractivity contribution is 8.00. The van der Waals surface area contributed by atoms with Gasteiger partial charge < -0.3 is 10.1 Å². The molecule has 0 spiro atoms. The number of carbonyl (C=O) groups excluding carboxylic acids is 2. The van der Waals surface area contributed by atoms with Gasteiger partial charge in [-0.25, -0.2) is 0 Å². The Labute approximate surface area is 181 Å². The maximum absolute atomic E-state index is 13.0. The Bertz CT molecular complexity index is 959. The number of amides is 1. The van der Waals surface area contributed by atoms with Gasteiger partial charge in [0.15, 0.2) is 6.10 Å². The van der Waals surface area contributed by atoms with Crippen LogP contribution in [0.1, 0.15) is 30.2 Å². The first-order chi connectivity index (χ1) is 14.6. The summed E-state index contributed by atoms with van der Waals surface area (Å²) in [6.07, 6.45) is 0.0216. The Hall–Kier alpha value is -3.05. The lowest BCUT2D eigenvalue weighted by atomic mass is 10.1. The molecule has 3 aromatic rings. The molecule has 0 aliphatic rings. The van der Waals surface area contributed by atoms with E-state index >= 15 is 0 Å². The predicted octanol–water partition coefficient (Wildman–Crippen LogP) is 5.65. The van der Waals surface area contributed by atoms with Gasteiger partial charge in [-0.05, 0) is 48.7 Å². The highest BCUT2D eigenvalue weighted by Crippen LogP contribution is 2.36. The highest BCUT2D eigenvalue weighted by Gasteiger charge is 2.27. The Morgan fingerprint density at radius 2 is 1.50 bits per heavy atom. The lowest BCUT2D eigenvalue weighted by molar-refractivity contribution is -0.152. The molecule has 4 nitrogen and oxygen atoms in total. The van der Waals surface area contributed by atoms with Gasteiger partial charge in [0.25, 0.3) is 5.91 Å². The van der Waals surface area contributed by atoms with Crippen molar-refractivity contribution in [2.75, 3.05) is 5.32 Å². The summed E-state index contributed by atoms with van der Waals surface area (Å²) in [4.78, 5) is 26.5.